The van der Waals surface area contributed by atoms with Gasteiger partial charge in [0, 0.05) is 19.4 Å². The van der Waals surface area contributed by atoms with Gasteiger partial charge in [0.15, 0.2) is 5.72 Å². The third-order valence-electron chi connectivity index (χ3n) is 4.88. The largest absolute Gasteiger partial charge is 0.509 e. The molecule has 1 unspecified atom stereocenters. The van der Waals surface area contributed by atoms with Gasteiger partial charge < -0.3 is 19.0 Å². The molecule has 0 amide bonds. The number of furan rings is 1. The minimum absolute atomic E-state index is 0.256. The molecule has 0 aliphatic heterocycles. The van der Waals surface area contributed by atoms with Gasteiger partial charge in [-0.15, -0.1) is 0 Å². The minimum atomic E-state index is -0.806. The number of aromatic hydroxyl groups is 1. The molecule has 6 nitrogen and oxygen atoms in total. The van der Waals surface area contributed by atoms with Crippen LogP contribution in [0.15, 0.2) is 41.0 Å². The Kier molecular flexibility index (Phi) is 5.52. The first-order valence-corrected chi connectivity index (χ1v) is 8.91. The van der Waals surface area contributed by atoms with Gasteiger partial charge in [-0.2, -0.15) is 0 Å². The molecule has 0 fully saturated rings. The molecule has 26 heavy (non-hydrogen) atoms. The summed E-state index contributed by atoms with van der Waals surface area (Å²) < 4.78 is 16.2. The molecule has 140 valence electrons. The Morgan fingerprint density at radius 3 is 2.88 bits per heavy atom. The quantitative estimate of drug-likeness (QED) is 0.624. The Labute approximate surface area is 153 Å². The van der Waals surface area contributed by atoms with Gasteiger partial charge in [-0.3, -0.25) is 4.90 Å². The molecule has 1 N–H and O–H groups in total. The van der Waals surface area contributed by atoms with Gasteiger partial charge >= 0.3 is 6.16 Å². The van der Waals surface area contributed by atoms with Gasteiger partial charge in [-0.05, 0) is 48.2 Å². The van der Waals surface area contributed by atoms with Crippen molar-refractivity contribution in [1.82, 2.24) is 4.90 Å². The lowest BCUT2D eigenvalue weighted by Crippen LogP contribution is -2.55. The normalized spacial score (nSPS) is 19.2. The Balaban J connectivity index is 1.94. The summed E-state index contributed by atoms with van der Waals surface area (Å²) in [5, 5.41) is 9.74. The van der Waals surface area contributed by atoms with Gasteiger partial charge in [0.25, 0.3) is 0 Å². The topological polar surface area (TPSA) is 72.1 Å². The number of rotatable bonds is 6. The van der Waals surface area contributed by atoms with Crippen LogP contribution in [0.3, 0.4) is 0 Å². The third-order valence-corrected chi connectivity index (χ3v) is 4.88. The van der Waals surface area contributed by atoms with Crippen LogP contribution in [0.25, 0.3) is 0 Å². The molecule has 1 atom stereocenters. The monoisotopic (exact) mass is 359 g/mol. The predicted octanol–water partition coefficient (Wildman–Crippen LogP) is 3.87. The zero-order valence-corrected chi connectivity index (χ0v) is 15.2. The van der Waals surface area contributed by atoms with Gasteiger partial charge in [0.1, 0.15) is 11.5 Å². The van der Waals surface area contributed by atoms with Crippen molar-refractivity contribution in [1.29, 1.82) is 0 Å². The van der Waals surface area contributed by atoms with E-state index in [1.807, 2.05) is 18.2 Å². The second kappa shape index (κ2) is 7.83. The number of hydrogen-bond donors (Lipinski definition) is 1. The molecule has 6 heteroatoms. The summed E-state index contributed by atoms with van der Waals surface area (Å²) in [5.74, 6) is 1.08. The highest BCUT2D eigenvalue weighted by Crippen LogP contribution is 2.37. The number of methoxy groups -OCH3 is 1. The van der Waals surface area contributed by atoms with Crippen molar-refractivity contribution in [3.8, 4) is 5.75 Å². The summed E-state index contributed by atoms with van der Waals surface area (Å²) in [7, 11) is 1.32. The molecule has 1 aliphatic rings. The van der Waals surface area contributed by atoms with Gasteiger partial charge in [0.2, 0.25) is 0 Å². The zero-order chi connectivity index (χ0) is 18.6. The maximum absolute atomic E-state index is 12.0. The minimum Gasteiger partial charge on any atom is -0.508 e. The summed E-state index contributed by atoms with van der Waals surface area (Å²) in [6, 6.07) is 9.13. The fraction of sp³-hybridized carbons (Fsp3) is 0.450. The van der Waals surface area contributed by atoms with E-state index in [-0.39, 0.29) is 5.75 Å². The molecule has 0 spiro atoms. The fourth-order valence-corrected chi connectivity index (χ4v) is 3.64. The zero-order valence-electron chi connectivity index (χ0n) is 15.2. The number of carbonyl (C=O) groups is 1. The van der Waals surface area contributed by atoms with Gasteiger partial charge in [-0.1, -0.05) is 13.0 Å². The second-order valence-electron chi connectivity index (χ2n) is 6.63. The molecular formula is C20H25NO5. The Morgan fingerprint density at radius 2 is 2.19 bits per heavy atom. The Bertz CT molecular complexity index is 743. The summed E-state index contributed by atoms with van der Waals surface area (Å²) in [4.78, 5) is 14.2. The Morgan fingerprint density at radius 1 is 1.35 bits per heavy atom. The molecule has 3 rings (SSSR count). The van der Waals surface area contributed by atoms with E-state index >= 15 is 0 Å². The van der Waals surface area contributed by atoms with E-state index < -0.39 is 11.9 Å². The van der Waals surface area contributed by atoms with E-state index in [2.05, 4.69) is 11.8 Å². The first kappa shape index (κ1) is 18.3. The highest BCUT2D eigenvalue weighted by atomic mass is 16.7. The Hall–Kier alpha value is -2.47. The summed E-state index contributed by atoms with van der Waals surface area (Å²) in [6.45, 7) is 3.39. The van der Waals surface area contributed by atoms with Crippen LogP contribution in [0.1, 0.15) is 36.7 Å². The highest BCUT2D eigenvalue weighted by molar-refractivity contribution is 5.60. The molecule has 1 aromatic heterocycles. The van der Waals surface area contributed by atoms with E-state index in [1.54, 1.807) is 18.4 Å². The van der Waals surface area contributed by atoms with Crippen LogP contribution < -0.4 is 0 Å². The molecule has 1 heterocycles. The van der Waals surface area contributed by atoms with Crippen molar-refractivity contribution in [3.63, 3.8) is 0 Å². The lowest BCUT2D eigenvalue weighted by molar-refractivity contribution is -0.143. The number of phenols is 1. The molecular weight excluding hydrogens is 334 g/mol. The molecule has 0 saturated carbocycles. The van der Waals surface area contributed by atoms with E-state index in [0.717, 1.165) is 29.9 Å². The van der Waals surface area contributed by atoms with Gasteiger partial charge in [-0.25, -0.2) is 4.79 Å². The van der Waals surface area contributed by atoms with E-state index in [1.165, 1.54) is 7.11 Å². The van der Waals surface area contributed by atoms with Crippen molar-refractivity contribution in [2.24, 2.45) is 0 Å². The van der Waals surface area contributed by atoms with Crippen LogP contribution >= 0.6 is 0 Å². The second-order valence-corrected chi connectivity index (χ2v) is 6.63. The highest BCUT2D eigenvalue weighted by Gasteiger charge is 2.44. The first-order chi connectivity index (χ1) is 12.6. The SMILES string of the molecule is CCCN(Cc1ccco1)C1(OC(=O)OC)CCc2cc(O)ccc2C1. The van der Waals surface area contributed by atoms with Crippen LogP contribution in [0.2, 0.25) is 0 Å². The molecule has 2 aromatic rings. The van der Waals surface area contributed by atoms with Crippen LogP contribution in [0.5, 0.6) is 5.75 Å². The molecule has 1 aliphatic carbocycles. The number of carbonyl (C=O) groups excluding carboxylic acids is 1. The smallest absolute Gasteiger partial charge is 0.508 e. The van der Waals surface area contributed by atoms with Crippen LogP contribution in [0, 0.1) is 0 Å². The van der Waals surface area contributed by atoms with Crippen molar-refractivity contribution in [3.05, 3.63) is 53.5 Å². The number of phenolic OH excluding ortho intramolecular Hbond substituents is 1. The number of benzene rings is 1. The first-order valence-electron chi connectivity index (χ1n) is 8.91. The predicted molar refractivity (Wildman–Crippen MR) is 95.8 cm³/mol. The summed E-state index contributed by atoms with van der Waals surface area (Å²) in [6.07, 6.45) is 3.74. The molecule has 0 saturated heterocycles. The number of nitrogens with zero attached hydrogens (tertiary/aromatic N) is 1. The number of hydrogen-bond acceptors (Lipinski definition) is 6. The molecule has 0 bridgehead atoms. The average Bonchev–Trinajstić information content (AvgIpc) is 3.14. The number of fused-ring (bicyclic) bond motifs is 1. The summed E-state index contributed by atoms with van der Waals surface area (Å²) in [5.41, 5.74) is 1.35. The lowest BCUT2D eigenvalue weighted by atomic mass is 9.84. The fourth-order valence-electron chi connectivity index (χ4n) is 3.64. The van der Waals surface area contributed by atoms with Crippen LogP contribution in [0.4, 0.5) is 4.79 Å². The van der Waals surface area contributed by atoms with Gasteiger partial charge in [0.05, 0.1) is 19.9 Å². The third kappa shape index (κ3) is 3.85. The van der Waals surface area contributed by atoms with Crippen molar-refractivity contribution in [2.75, 3.05) is 13.7 Å². The number of ether oxygens (including phenoxy) is 2. The number of aryl methyl sites for hydroxylation is 1. The molecule has 1 aromatic carbocycles. The van der Waals surface area contributed by atoms with Crippen molar-refractivity contribution >= 4 is 6.16 Å². The van der Waals surface area contributed by atoms with Crippen molar-refractivity contribution in [2.45, 2.75) is 44.9 Å². The van der Waals surface area contributed by atoms with Crippen LogP contribution in [-0.2, 0) is 28.9 Å². The van der Waals surface area contributed by atoms with Crippen molar-refractivity contribution < 1.29 is 23.8 Å². The molecule has 0 radical (unpaired) electrons. The van der Waals surface area contributed by atoms with Crippen LogP contribution in [-0.4, -0.2) is 35.5 Å². The standard InChI is InChI=1S/C20H25NO5/c1-3-10-21(14-18-5-4-11-25-18)20(26-19(23)24-2)9-8-15-12-17(22)7-6-16(15)13-20/h4-7,11-12,22H,3,8-10,13-14H2,1-2H3. The average molecular weight is 359 g/mol. The van der Waals surface area contributed by atoms with E-state index in [9.17, 15) is 9.90 Å². The van der Waals surface area contributed by atoms with E-state index in [4.69, 9.17) is 13.9 Å². The maximum atomic E-state index is 12.0. The maximum Gasteiger partial charge on any atom is 0.509 e. The summed E-state index contributed by atoms with van der Waals surface area (Å²) >= 11 is 0. The lowest BCUT2D eigenvalue weighted by Gasteiger charge is -2.45. The van der Waals surface area contributed by atoms with E-state index in [0.29, 0.717) is 25.8 Å².